The van der Waals surface area contributed by atoms with Crippen molar-refractivity contribution < 1.29 is 0 Å². The van der Waals surface area contributed by atoms with Gasteiger partial charge >= 0.3 is 0 Å². The highest BCUT2D eigenvalue weighted by molar-refractivity contribution is 4.91. The maximum atomic E-state index is 3.70. The van der Waals surface area contributed by atoms with Gasteiger partial charge in [0, 0.05) is 18.6 Å². The minimum absolute atomic E-state index is 0.355. The van der Waals surface area contributed by atoms with Gasteiger partial charge in [0.05, 0.1) is 0 Å². The molecule has 0 amide bonds. The van der Waals surface area contributed by atoms with Crippen molar-refractivity contribution in [3.63, 3.8) is 0 Å². The van der Waals surface area contributed by atoms with Gasteiger partial charge in [-0.2, -0.15) is 0 Å². The highest BCUT2D eigenvalue weighted by atomic mass is 15.2. The molecule has 2 atom stereocenters. The molecule has 1 aliphatic rings. The van der Waals surface area contributed by atoms with Gasteiger partial charge in [-0.25, -0.2) is 0 Å². The molecule has 0 spiro atoms. The molecular weight excluding hydrogens is 208 g/mol. The quantitative estimate of drug-likeness (QED) is 0.815. The highest BCUT2D eigenvalue weighted by Gasteiger charge is 2.34. The molecule has 1 aliphatic heterocycles. The van der Waals surface area contributed by atoms with Crippen molar-refractivity contribution in [3.05, 3.63) is 0 Å². The maximum Gasteiger partial charge on any atom is 0.0246 e. The summed E-state index contributed by atoms with van der Waals surface area (Å²) in [5, 5.41) is 3.70. The van der Waals surface area contributed by atoms with Crippen LogP contribution in [0.15, 0.2) is 0 Å². The third-order valence-electron chi connectivity index (χ3n) is 4.72. The van der Waals surface area contributed by atoms with E-state index in [1.165, 1.54) is 19.4 Å². The fraction of sp³-hybridized carbons (Fsp3) is 1.00. The normalized spacial score (nSPS) is 27.2. The molecule has 0 bridgehead atoms. The van der Waals surface area contributed by atoms with E-state index in [0.29, 0.717) is 22.9 Å². The molecule has 1 fully saturated rings. The lowest BCUT2D eigenvalue weighted by Gasteiger charge is -2.44. The monoisotopic (exact) mass is 240 g/mol. The van der Waals surface area contributed by atoms with Gasteiger partial charge in [-0.05, 0) is 44.2 Å². The zero-order valence-electron chi connectivity index (χ0n) is 12.9. The van der Waals surface area contributed by atoms with Gasteiger partial charge in [0.1, 0.15) is 0 Å². The van der Waals surface area contributed by atoms with Crippen molar-refractivity contribution >= 4 is 0 Å². The summed E-state index contributed by atoms with van der Waals surface area (Å²) in [4.78, 5) is 2.52. The zero-order chi connectivity index (χ0) is 13.3. The second-order valence-corrected chi connectivity index (χ2v) is 7.58. The van der Waals surface area contributed by atoms with Crippen LogP contribution in [0.1, 0.15) is 54.4 Å². The van der Waals surface area contributed by atoms with Crippen molar-refractivity contribution in [3.8, 4) is 0 Å². The Morgan fingerprint density at radius 1 is 1.35 bits per heavy atom. The van der Waals surface area contributed by atoms with Crippen LogP contribution in [0.2, 0.25) is 0 Å². The predicted octanol–water partition coefficient (Wildman–Crippen LogP) is 3.13. The molecule has 0 radical (unpaired) electrons. The number of hydrogen-bond acceptors (Lipinski definition) is 2. The summed E-state index contributed by atoms with van der Waals surface area (Å²) in [6.07, 6.45) is 2.67. The molecule has 17 heavy (non-hydrogen) atoms. The molecule has 1 saturated heterocycles. The Bertz CT molecular complexity index is 240. The van der Waals surface area contributed by atoms with E-state index >= 15 is 0 Å². The first kappa shape index (κ1) is 15.0. The Labute approximate surface area is 108 Å². The van der Waals surface area contributed by atoms with Crippen LogP contribution < -0.4 is 5.32 Å². The summed E-state index contributed by atoms with van der Waals surface area (Å²) in [6, 6.07) is 1.24. The van der Waals surface area contributed by atoms with E-state index in [0.717, 1.165) is 6.54 Å². The Kier molecular flexibility index (Phi) is 4.65. The molecule has 1 N–H and O–H groups in total. The number of likely N-dealkylation sites (N-methyl/N-ethyl adjacent to an activating group) is 1. The van der Waals surface area contributed by atoms with Crippen molar-refractivity contribution in [1.82, 2.24) is 10.2 Å². The molecule has 0 aromatic carbocycles. The molecule has 102 valence electrons. The molecule has 2 nitrogen and oxygen atoms in total. The third-order valence-corrected chi connectivity index (χ3v) is 4.72. The van der Waals surface area contributed by atoms with Crippen LogP contribution in [0.4, 0.5) is 0 Å². The number of rotatable bonds is 3. The topological polar surface area (TPSA) is 15.3 Å². The fourth-order valence-electron chi connectivity index (χ4n) is 2.69. The molecule has 0 saturated carbocycles. The van der Waals surface area contributed by atoms with Gasteiger partial charge in [-0.3, -0.25) is 0 Å². The molecule has 2 heteroatoms. The minimum atomic E-state index is 0.355. The van der Waals surface area contributed by atoms with Crippen molar-refractivity contribution in [2.45, 2.75) is 66.5 Å². The van der Waals surface area contributed by atoms with E-state index in [1.54, 1.807) is 0 Å². The lowest BCUT2D eigenvalue weighted by molar-refractivity contribution is 0.0838. The van der Waals surface area contributed by atoms with Crippen LogP contribution in [0.5, 0.6) is 0 Å². The summed E-state index contributed by atoms with van der Waals surface area (Å²) in [7, 11) is 2.27. The second-order valence-electron chi connectivity index (χ2n) is 7.58. The molecule has 1 rings (SSSR count). The molecular formula is C15H32N2. The molecule has 0 aliphatic carbocycles. The smallest absolute Gasteiger partial charge is 0.0246 e. The average Bonchev–Trinajstić information content (AvgIpc) is 2.18. The van der Waals surface area contributed by atoms with Crippen molar-refractivity contribution in [2.75, 3.05) is 20.1 Å². The summed E-state index contributed by atoms with van der Waals surface area (Å²) < 4.78 is 0. The Balaban J connectivity index is 2.58. The summed E-state index contributed by atoms with van der Waals surface area (Å²) in [5.74, 6) is 0. The van der Waals surface area contributed by atoms with Crippen LogP contribution >= 0.6 is 0 Å². The maximum absolute atomic E-state index is 3.70. The SMILES string of the molecule is CC(N(C)CC1NCCCC1(C)C)C(C)(C)C. The molecule has 0 aromatic rings. The van der Waals surface area contributed by atoms with Crippen LogP contribution in [-0.2, 0) is 0 Å². The van der Waals surface area contributed by atoms with Crippen molar-refractivity contribution in [2.24, 2.45) is 10.8 Å². The molecule has 0 aromatic heterocycles. The lowest BCUT2D eigenvalue weighted by Crippen LogP contribution is -2.54. The van der Waals surface area contributed by atoms with E-state index in [-0.39, 0.29) is 0 Å². The van der Waals surface area contributed by atoms with Gasteiger partial charge in [-0.1, -0.05) is 34.6 Å². The van der Waals surface area contributed by atoms with E-state index in [1.807, 2.05) is 0 Å². The predicted molar refractivity (Wildman–Crippen MR) is 76.4 cm³/mol. The van der Waals surface area contributed by atoms with Gasteiger partial charge in [0.2, 0.25) is 0 Å². The van der Waals surface area contributed by atoms with Crippen LogP contribution in [0.25, 0.3) is 0 Å². The van der Waals surface area contributed by atoms with Crippen LogP contribution in [-0.4, -0.2) is 37.1 Å². The number of hydrogen-bond donors (Lipinski definition) is 1. The number of piperidine rings is 1. The first-order chi connectivity index (χ1) is 7.64. The lowest BCUT2D eigenvalue weighted by atomic mass is 9.77. The average molecular weight is 240 g/mol. The second kappa shape index (κ2) is 5.27. The van der Waals surface area contributed by atoms with Gasteiger partial charge < -0.3 is 10.2 Å². The summed E-state index contributed by atoms with van der Waals surface area (Å²) in [6.45, 7) is 16.5. The molecule has 2 unspecified atom stereocenters. The van der Waals surface area contributed by atoms with Gasteiger partial charge in [0.25, 0.3) is 0 Å². The first-order valence-corrected chi connectivity index (χ1v) is 7.08. The van der Waals surface area contributed by atoms with Crippen LogP contribution in [0, 0.1) is 10.8 Å². The van der Waals surface area contributed by atoms with Gasteiger partial charge in [0.15, 0.2) is 0 Å². The van der Waals surface area contributed by atoms with E-state index in [4.69, 9.17) is 0 Å². The first-order valence-electron chi connectivity index (χ1n) is 7.08. The van der Waals surface area contributed by atoms with Crippen LogP contribution in [0.3, 0.4) is 0 Å². The zero-order valence-corrected chi connectivity index (χ0v) is 12.9. The van der Waals surface area contributed by atoms with E-state index in [9.17, 15) is 0 Å². The molecule has 1 heterocycles. The largest absolute Gasteiger partial charge is 0.312 e. The number of nitrogens with zero attached hydrogens (tertiary/aromatic N) is 1. The Morgan fingerprint density at radius 2 is 1.94 bits per heavy atom. The van der Waals surface area contributed by atoms with E-state index in [2.05, 4.69) is 58.8 Å². The number of nitrogens with one attached hydrogen (secondary N) is 1. The van der Waals surface area contributed by atoms with Crippen molar-refractivity contribution in [1.29, 1.82) is 0 Å². The Morgan fingerprint density at radius 3 is 2.41 bits per heavy atom. The third kappa shape index (κ3) is 3.96. The summed E-state index contributed by atoms with van der Waals surface area (Å²) >= 11 is 0. The highest BCUT2D eigenvalue weighted by Crippen LogP contribution is 2.31. The Hall–Kier alpha value is -0.0800. The standard InChI is InChI=1S/C15H32N2/c1-12(14(2,3)4)17(7)11-13-15(5,6)9-8-10-16-13/h12-13,16H,8-11H2,1-7H3. The van der Waals surface area contributed by atoms with E-state index < -0.39 is 0 Å². The summed E-state index contributed by atoms with van der Waals surface area (Å²) in [5.41, 5.74) is 0.789. The fourth-order valence-corrected chi connectivity index (χ4v) is 2.69. The van der Waals surface area contributed by atoms with Gasteiger partial charge in [-0.15, -0.1) is 0 Å². The minimum Gasteiger partial charge on any atom is -0.312 e.